The number of rotatable bonds is 10. The molecule has 7 nitrogen and oxygen atoms in total. The van der Waals surface area contributed by atoms with Crippen LogP contribution in [0, 0.1) is 56.7 Å². The van der Waals surface area contributed by atoms with Crippen LogP contribution >= 0.6 is 0 Å². The van der Waals surface area contributed by atoms with Gasteiger partial charge in [-0.15, -0.1) is 0 Å². The minimum absolute atomic E-state index is 0.0267. The van der Waals surface area contributed by atoms with Crippen molar-refractivity contribution in [2.24, 2.45) is 56.7 Å². The predicted molar refractivity (Wildman–Crippen MR) is 227 cm³/mol. The molecule has 0 aromatic carbocycles. The minimum atomic E-state index is -0.917. The van der Waals surface area contributed by atoms with Gasteiger partial charge in [-0.2, -0.15) is 0 Å². The molecule has 1 aliphatic heterocycles. The van der Waals surface area contributed by atoms with Gasteiger partial charge in [0, 0.05) is 37.9 Å². The van der Waals surface area contributed by atoms with Crippen LogP contribution in [0.15, 0.2) is 60.0 Å². The number of aliphatic carboxylic acids is 1. The summed E-state index contributed by atoms with van der Waals surface area (Å²) in [5, 5.41) is 14.7. The lowest BCUT2D eigenvalue weighted by atomic mass is 9.33. The number of hydrogen-bond acceptors (Lipinski definition) is 6. The van der Waals surface area contributed by atoms with Gasteiger partial charge in [-0.25, -0.2) is 0 Å². The smallest absolute Gasteiger partial charge is 0.313 e. The van der Waals surface area contributed by atoms with Gasteiger partial charge in [0.2, 0.25) is 0 Å². The summed E-state index contributed by atoms with van der Waals surface area (Å²) in [6, 6.07) is 3.67. The van der Waals surface area contributed by atoms with E-state index in [1.54, 1.807) is 12.4 Å². The predicted octanol–water partition coefficient (Wildman–Crippen LogP) is 9.24. The summed E-state index contributed by atoms with van der Waals surface area (Å²) in [6.45, 7) is 24.3. The van der Waals surface area contributed by atoms with Crippen LogP contribution < -0.4 is 10.1 Å². The number of pyridine rings is 1. The van der Waals surface area contributed by atoms with Crippen LogP contribution in [0.3, 0.4) is 0 Å². The molecule has 8 heteroatoms. The molecule has 2 heterocycles. The second kappa shape index (κ2) is 14.9. The third-order valence-electron chi connectivity index (χ3n) is 18.4. The first-order valence-corrected chi connectivity index (χ1v) is 23.7. The maximum Gasteiger partial charge on any atom is 0.313 e. The number of carboxylic acid groups (broad SMARTS) is 1. The van der Waals surface area contributed by atoms with Gasteiger partial charge in [0.1, 0.15) is 29.3 Å². The van der Waals surface area contributed by atoms with Gasteiger partial charge in [-0.3, -0.25) is 14.7 Å². The normalized spacial score (nSPS) is 42.3. The van der Waals surface area contributed by atoms with Crippen molar-refractivity contribution in [1.29, 1.82) is 0 Å². The van der Waals surface area contributed by atoms with Gasteiger partial charge >= 0.3 is 5.97 Å². The number of fused-ring (bicyclic) bond motifs is 7. The molecule has 308 valence electrons. The van der Waals surface area contributed by atoms with Gasteiger partial charge < -0.3 is 19.7 Å². The van der Waals surface area contributed by atoms with E-state index in [0.29, 0.717) is 59.0 Å². The van der Waals surface area contributed by atoms with Crippen LogP contribution in [0.5, 0.6) is 5.75 Å². The standard InChI is InChI=1S/C48H71N3O4S/c1-33(2)36-14-21-48(50-25-26-51-27-29-56(54)30-28-51)23-22-45(6)38(41(36)48)10-11-40-44(5)17-15-37(43(3,4)39(44)16-18-46(40,45)7)34-12-19-47(20-13-34,42(52)53)32-55-35-9-8-24-49-31-35/h8-9,12,15,24,31,36,38-41,50H,1,10-11,13-14,16-23,25-30,32H2,2-7H3,(H,52,53)/t36-,38+,39?,40?,41?,44-,45+,46+,47?,48-/m0/s1. The quantitative estimate of drug-likeness (QED) is 0.180. The van der Waals surface area contributed by atoms with Crippen LogP contribution in [0.25, 0.3) is 0 Å². The summed E-state index contributed by atoms with van der Waals surface area (Å²) in [7, 11) is 0. The summed E-state index contributed by atoms with van der Waals surface area (Å²) in [5.41, 5.74) is 4.40. The maximum atomic E-state index is 12.7. The van der Waals surface area contributed by atoms with Crippen molar-refractivity contribution in [3.8, 4) is 5.75 Å². The largest absolute Gasteiger partial charge is 0.616 e. The lowest BCUT2D eigenvalue weighted by Gasteiger charge is -2.72. The zero-order valence-electron chi connectivity index (χ0n) is 35.5. The van der Waals surface area contributed by atoms with Gasteiger partial charge in [0.15, 0.2) is 0 Å². The van der Waals surface area contributed by atoms with Crippen molar-refractivity contribution in [1.82, 2.24) is 15.2 Å². The number of allylic oxidation sites excluding steroid dienone is 5. The number of carboxylic acids is 1. The molecular weight excluding hydrogens is 715 g/mol. The Kier molecular flexibility index (Phi) is 10.8. The van der Waals surface area contributed by atoms with E-state index in [4.69, 9.17) is 4.74 Å². The number of ether oxygens (including phenoxy) is 1. The Bertz CT molecular complexity index is 1720. The topological polar surface area (TPSA) is 97.8 Å². The highest BCUT2D eigenvalue weighted by Crippen LogP contribution is 2.76. The second-order valence-corrected chi connectivity index (χ2v) is 22.7. The third kappa shape index (κ3) is 6.48. The SMILES string of the molecule is C=C(C)[C@@H]1CC[C@]2(NCCN3CC[S+]([O-])CC3)CC[C@]3(C)[C@H](CCC4[C@@]5(C)CC=C(C6=CCC(COc7cccnc7)(C(=O)O)CC6)C(C)(C)C5CC[C@]43C)C12. The lowest BCUT2D eigenvalue weighted by Crippen LogP contribution is -2.68. The fraction of sp³-hybridized carbons (Fsp3) is 0.750. The number of carbonyl (C=O) groups is 1. The highest BCUT2D eigenvalue weighted by atomic mass is 32.2. The second-order valence-electron chi connectivity index (χ2n) is 21.0. The minimum Gasteiger partial charge on any atom is -0.616 e. The van der Waals surface area contributed by atoms with Crippen molar-refractivity contribution in [2.75, 3.05) is 44.3 Å². The monoisotopic (exact) mass is 786 g/mol. The molecule has 0 spiro atoms. The first-order chi connectivity index (χ1) is 26.6. The molecular formula is C48H71N3O4S. The van der Waals surface area contributed by atoms with Gasteiger partial charge in [0.25, 0.3) is 0 Å². The molecule has 1 saturated heterocycles. The van der Waals surface area contributed by atoms with E-state index in [1.807, 2.05) is 12.1 Å². The number of nitrogens with one attached hydrogen (secondary N) is 1. The van der Waals surface area contributed by atoms with Crippen molar-refractivity contribution in [3.63, 3.8) is 0 Å². The summed E-state index contributed by atoms with van der Waals surface area (Å²) < 4.78 is 18.0. The Morgan fingerprint density at radius 1 is 1.00 bits per heavy atom. The van der Waals surface area contributed by atoms with E-state index in [-0.39, 0.29) is 23.0 Å². The zero-order valence-corrected chi connectivity index (χ0v) is 36.3. The zero-order chi connectivity index (χ0) is 39.7. The van der Waals surface area contributed by atoms with Crippen molar-refractivity contribution in [2.45, 2.75) is 124 Å². The highest BCUT2D eigenvalue weighted by Gasteiger charge is 2.70. The number of nitrogens with zero attached hydrogens (tertiary/aromatic N) is 2. The molecule has 56 heavy (non-hydrogen) atoms. The van der Waals surface area contributed by atoms with Crippen molar-refractivity contribution in [3.05, 3.63) is 60.0 Å². The molecule has 0 radical (unpaired) electrons. The summed E-state index contributed by atoms with van der Waals surface area (Å²) >= 11 is -0.628. The van der Waals surface area contributed by atoms with E-state index >= 15 is 0 Å². The maximum absolute atomic E-state index is 12.7. The summed E-state index contributed by atoms with van der Waals surface area (Å²) in [4.78, 5) is 19.4. The Morgan fingerprint density at radius 2 is 1.79 bits per heavy atom. The molecule has 4 unspecified atom stereocenters. The lowest BCUT2D eigenvalue weighted by molar-refractivity contribution is -0.221. The van der Waals surface area contributed by atoms with E-state index < -0.39 is 22.6 Å². The van der Waals surface area contributed by atoms with Crippen LogP contribution in [-0.4, -0.2) is 75.3 Å². The average molecular weight is 786 g/mol. The molecule has 10 atom stereocenters. The van der Waals surface area contributed by atoms with E-state index in [9.17, 15) is 14.5 Å². The summed E-state index contributed by atoms with van der Waals surface area (Å²) in [5.74, 6) is 4.75. The Morgan fingerprint density at radius 3 is 2.46 bits per heavy atom. The van der Waals surface area contributed by atoms with Gasteiger partial charge in [-0.05, 0) is 159 Å². The molecule has 8 rings (SSSR count). The molecule has 2 N–H and O–H groups in total. The van der Waals surface area contributed by atoms with E-state index in [2.05, 4.69) is 75.5 Å². The Hall–Kier alpha value is -2.13. The first kappa shape index (κ1) is 40.6. The molecule has 1 aromatic rings. The van der Waals surface area contributed by atoms with Crippen molar-refractivity contribution < 1.29 is 19.2 Å². The van der Waals surface area contributed by atoms with E-state index in [1.165, 1.54) is 68.1 Å². The fourth-order valence-electron chi connectivity index (χ4n) is 15.1. The number of aromatic nitrogens is 1. The first-order valence-electron chi connectivity index (χ1n) is 22.2. The van der Waals surface area contributed by atoms with Crippen LogP contribution in [0.4, 0.5) is 0 Å². The fourth-order valence-corrected chi connectivity index (χ4v) is 16.3. The molecule has 0 bridgehead atoms. The Balaban J connectivity index is 1.01. The number of hydrogen-bond donors (Lipinski definition) is 2. The molecule has 4 saturated carbocycles. The average Bonchev–Trinajstić information content (AvgIpc) is 3.56. The van der Waals surface area contributed by atoms with E-state index in [0.717, 1.165) is 50.5 Å². The van der Waals surface area contributed by atoms with Gasteiger partial charge in [0.05, 0.1) is 6.20 Å². The highest BCUT2D eigenvalue weighted by molar-refractivity contribution is 7.91. The van der Waals surface area contributed by atoms with Crippen molar-refractivity contribution >= 4 is 17.1 Å². The van der Waals surface area contributed by atoms with Gasteiger partial charge in [-0.1, -0.05) is 70.1 Å². The molecule has 6 aliphatic carbocycles. The molecule has 7 aliphatic rings. The van der Waals surface area contributed by atoms with Crippen LogP contribution in [-0.2, 0) is 16.0 Å². The van der Waals surface area contributed by atoms with Crippen LogP contribution in [0.2, 0.25) is 0 Å². The third-order valence-corrected chi connectivity index (χ3v) is 19.7. The summed E-state index contributed by atoms with van der Waals surface area (Å²) in [6.07, 6.45) is 21.6. The van der Waals surface area contributed by atoms with Crippen LogP contribution in [0.1, 0.15) is 119 Å². The Labute approximate surface area is 341 Å². The molecule has 0 amide bonds. The molecule has 5 fully saturated rings. The molecule has 1 aromatic heterocycles.